The second kappa shape index (κ2) is 22.6. The molecule has 14 nitrogen and oxygen atoms in total. The lowest BCUT2D eigenvalue weighted by Crippen LogP contribution is -2.66. The minimum atomic E-state index is -0.885. The molecule has 1 aliphatic carbocycles. The Morgan fingerprint density at radius 2 is 1.77 bits per heavy atom. The normalized spacial score (nSPS) is 20.0. The van der Waals surface area contributed by atoms with Crippen LogP contribution in [0.4, 0.5) is 11.5 Å². The number of hydrogen-bond acceptors (Lipinski definition) is 11. The van der Waals surface area contributed by atoms with Crippen LogP contribution in [0.15, 0.2) is 129 Å². The quantitative estimate of drug-likeness (QED) is 0.0367. The molecule has 8 bridgehead atoms. The molecule has 6 heterocycles. The van der Waals surface area contributed by atoms with Gasteiger partial charge in [-0.1, -0.05) is 117 Å². The number of phenolic OH excluding ortho intramolecular Hbond substituents is 1. The number of piperazine rings is 1. The van der Waals surface area contributed by atoms with Crippen molar-refractivity contribution in [1.82, 2.24) is 10.3 Å². The van der Waals surface area contributed by atoms with Gasteiger partial charge in [0.25, 0.3) is 0 Å². The number of benzene rings is 5. The van der Waals surface area contributed by atoms with Crippen LogP contribution in [0.5, 0.6) is 23.0 Å². The molecule has 0 radical (unpaired) electrons. The van der Waals surface area contributed by atoms with Crippen LogP contribution in [0.1, 0.15) is 84.9 Å². The molecule has 5 aliphatic rings. The van der Waals surface area contributed by atoms with Gasteiger partial charge in [-0.25, -0.2) is 4.99 Å². The number of aromatic nitrogens is 1. The molecule has 7 aromatic rings. The highest BCUT2D eigenvalue weighted by atomic mass is 16.5. The fourth-order valence-electron chi connectivity index (χ4n) is 12.4. The van der Waals surface area contributed by atoms with Crippen molar-refractivity contribution >= 4 is 34.5 Å². The highest BCUT2D eigenvalue weighted by Crippen LogP contribution is 2.52. The molecular weight excluding hydrogens is 981 g/mol. The molecular formula is C64H68N6O8. The Kier molecular flexibility index (Phi) is 15.1. The number of anilines is 1. The molecule has 2 aromatic heterocycles. The Balaban J connectivity index is 1.19. The lowest BCUT2D eigenvalue weighted by molar-refractivity contribution is 0.156. The summed E-state index contributed by atoms with van der Waals surface area (Å²) in [6.07, 6.45) is 9.34. The number of aryl methyl sites for hydroxylation is 1. The lowest BCUT2D eigenvalue weighted by atomic mass is 9.62. The van der Waals surface area contributed by atoms with E-state index in [0.717, 1.165) is 83.4 Å². The third kappa shape index (κ3) is 10.3. The molecule has 14 heteroatoms. The summed E-state index contributed by atoms with van der Waals surface area (Å²) in [4.78, 5) is 26.4. The Hall–Kier alpha value is -7.96. The number of phenols is 1. The van der Waals surface area contributed by atoms with E-state index in [1.54, 1.807) is 30.3 Å². The first-order valence-corrected chi connectivity index (χ1v) is 27.4. The number of nitrogens with one attached hydrogen (secondary N) is 2. The lowest BCUT2D eigenvalue weighted by Gasteiger charge is -2.54. The molecule has 9 N–H and O–H groups in total. The van der Waals surface area contributed by atoms with E-state index in [0.29, 0.717) is 42.7 Å². The summed E-state index contributed by atoms with van der Waals surface area (Å²) < 4.78 is 27.3. The first-order valence-electron chi connectivity index (χ1n) is 27.4. The number of aliphatic imine (C=N–C) groups is 1. The van der Waals surface area contributed by atoms with Crippen molar-refractivity contribution < 1.29 is 33.9 Å². The SMILES string of the molecule is CCc1cc2c([nH]1)N1CCNC3C#CC(Cc4cccc-2c4)c2c(c(OC)c(OCCC(O)C=Cc4ccccc4)c4c(=O)cc(-c5ccc(O)cc5)oc24)OCC(CO)Cc2ccc(cc2N=C(N)N)C2(CCCCC2)C31. The topological polar surface area (TPSA) is 214 Å². The van der Waals surface area contributed by atoms with E-state index < -0.39 is 28.8 Å². The van der Waals surface area contributed by atoms with Crippen molar-refractivity contribution in [3.8, 4) is 57.3 Å². The first-order chi connectivity index (χ1) is 38.0. The van der Waals surface area contributed by atoms with Gasteiger partial charge in [0, 0.05) is 60.3 Å². The van der Waals surface area contributed by atoms with Crippen molar-refractivity contribution in [2.75, 3.05) is 44.9 Å². The molecule has 1 saturated heterocycles. The fourth-order valence-corrected chi connectivity index (χ4v) is 12.4. The molecule has 1 spiro atoms. The number of nitrogens with two attached hydrogens (primary N) is 2. The summed E-state index contributed by atoms with van der Waals surface area (Å²) in [6, 6.07) is 34.5. The van der Waals surface area contributed by atoms with Gasteiger partial charge in [-0.3, -0.25) is 4.79 Å². The minimum absolute atomic E-state index is 0.0174. The van der Waals surface area contributed by atoms with E-state index in [1.165, 1.54) is 13.2 Å². The number of aliphatic hydroxyl groups is 2. The van der Waals surface area contributed by atoms with Crippen molar-refractivity contribution in [2.45, 2.75) is 94.2 Å². The second-order valence-electron chi connectivity index (χ2n) is 21.2. The number of methoxy groups -OCH3 is 1. The number of rotatable bonds is 11. The molecule has 78 heavy (non-hydrogen) atoms. The molecule has 5 unspecified atom stereocenters. The zero-order valence-corrected chi connectivity index (χ0v) is 44.3. The van der Waals surface area contributed by atoms with Crippen LogP contribution >= 0.6 is 0 Å². The van der Waals surface area contributed by atoms with Gasteiger partial charge in [-0.05, 0) is 96.3 Å². The van der Waals surface area contributed by atoms with Crippen LogP contribution in [0.3, 0.4) is 0 Å². The minimum Gasteiger partial charge on any atom is -0.508 e. The predicted octanol–water partition coefficient (Wildman–Crippen LogP) is 9.42. The van der Waals surface area contributed by atoms with Gasteiger partial charge in [-0.15, -0.1) is 0 Å². The van der Waals surface area contributed by atoms with Gasteiger partial charge in [-0.2, -0.15) is 0 Å². The highest BCUT2D eigenvalue weighted by Gasteiger charge is 2.50. The molecule has 5 atom stereocenters. The van der Waals surface area contributed by atoms with Gasteiger partial charge in [0.05, 0.1) is 55.7 Å². The summed E-state index contributed by atoms with van der Waals surface area (Å²) in [6.45, 7) is 3.26. The Morgan fingerprint density at radius 1 is 0.949 bits per heavy atom. The third-order valence-corrected chi connectivity index (χ3v) is 16.2. The van der Waals surface area contributed by atoms with Crippen molar-refractivity contribution in [3.05, 3.63) is 159 Å². The van der Waals surface area contributed by atoms with Crippen molar-refractivity contribution in [1.29, 1.82) is 0 Å². The maximum absolute atomic E-state index is 15.2. The summed E-state index contributed by atoms with van der Waals surface area (Å²) in [5.41, 5.74) is 20.7. The van der Waals surface area contributed by atoms with E-state index >= 15 is 4.79 Å². The Bertz CT molecular complexity index is 3490. The van der Waals surface area contributed by atoms with Gasteiger partial charge >= 0.3 is 0 Å². The molecule has 0 amide bonds. The van der Waals surface area contributed by atoms with E-state index in [4.69, 9.17) is 35.1 Å². The van der Waals surface area contributed by atoms with Crippen LogP contribution in [-0.2, 0) is 24.7 Å². The van der Waals surface area contributed by atoms with E-state index in [-0.39, 0.29) is 84.0 Å². The van der Waals surface area contributed by atoms with Crippen molar-refractivity contribution in [3.63, 3.8) is 0 Å². The standard InChI is InChI=1S/C64H68N6O8/c1-3-47-35-50-43-14-10-13-40(31-43)32-45-19-24-51-61(70(29-28-67-51)62(50)68-47)64(26-8-5-9-27-64)46-20-16-44(52(34-46)69-63(65)66)33-41(37-71)38-77-58-55(45)57-56(53(74)36-54(78-57)42-17-22-48(72)23-18-42)59(60(58)75-2)76-30-25-49(73)21-15-39-11-6-4-7-12-39/h4,6-7,10-18,20-23,31,34-36,41,45,49,51,61,67-68,71-73H,3,5,8-9,25-30,32-33,37-38H2,1-2H3,(H4,65,66,69). The predicted molar refractivity (Wildman–Crippen MR) is 307 cm³/mol. The maximum atomic E-state index is 15.2. The number of aromatic amines is 1. The van der Waals surface area contributed by atoms with Gasteiger partial charge in [0.15, 0.2) is 28.5 Å². The van der Waals surface area contributed by atoms with Gasteiger partial charge < -0.3 is 60.6 Å². The zero-order chi connectivity index (χ0) is 53.9. The summed E-state index contributed by atoms with van der Waals surface area (Å²) in [7, 11) is 1.51. The summed E-state index contributed by atoms with van der Waals surface area (Å²) in [5, 5.41) is 36.9. The number of nitrogens with zero attached hydrogens (tertiary/aromatic N) is 2. The second-order valence-corrected chi connectivity index (χ2v) is 21.2. The number of guanidine groups is 1. The van der Waals surface area contributed by atoms with E-state index in [1.807, 2.05) is 36.4 Å². The first kappa shape index (κ1) is 52.1. The molecule has 2 fully saturated rings. The highest BCUT2D eigenvalue weighted by molar-refractivity contribution is 5.94. The van der Waals surface area contributed by atoms with Crippen LogP contribution in [0.25, 0.3) is 39.5 Å². The van der Waals surface area contributed by atoms with Crippen molar-refractivity contribution in [2.24, 2.45) is 22.4 Å². The summed E-state index contributed by atoms with van der Waals surface area (Å²) in [5.74, 6) is 8.35. The number of hydrogen-bond donors (Lipinski definition) is 7. The van der Waals surface area contributed by atoms with E-state index in [9.17, 15) is 15.3 Å². The number of fused-ring (bicyclic) bond motifs is 11. The number of aliphatic hydroxyl groups excluding tert-OH is 2. The number of H-pyrrole nitrogens is 1. The Labute approximate surface area is 454 Å². The zero-order valence-electron chi connectivity index (χ0n) is 44.3. The van der Waals surface area contributed by atoms with E-state index in [2.05, 4.69) is 82.5 Å². The molecule has 4 aliphatic heterocycles. The molecule has 5 aromatic carbocycles. The van der Waals surface area contributed by atoms with Crippen LogP contribution in [-0.4, -0.2) is 84.5 Å². The average Bonchev–Trinajstić information content (AvgIpc) is 4.05. The number of aromatic hydroxyl groups is 1. The maximum Gasteiger partial charge on any atom is 0.204 e. The van der Waals surface area contributed by atoms with Crippen LogP contribution < -0.4 is 41.3 Å². The van der Waals surface area contributed by atoms with Gasteiger partial charge in [0.2, 0.25) is 5.75 Å². The average molecular weight is 1050 g/mol. The number of ether oxygens (including phenoxy) is 3. The molecule has 402 valence electrons. The monoisotopic (exact) mass is 1050 g/mol. The van der Waals surface area contributed by atoms with Gasteiger partial charge in [0.1, 0.15) is 22.7 Å². The molecule has 1 saturated carbocycles. The molecule has 12 rings (SSSR count). The van der Waals surface area contributed by atoms with Crippen LogP contribution in [0.2, 0.25) is 0 Å². The summed E-state index contributed by atoms with van der Waals surface area (Å²) >= 11 is 0. The van der Waals surface area contributed by atoms with Crippen LogP contribution in [0, 0.1) is 17.8 Å². The fraction of sp³-hybridized carbons (Fsp3) is 0.344. The Morgan fingerprint density at radius 3 is 2.54 bits per heavy atom. The third-order valence-electron chi connectivity index (χ3n) is 16.2. The largest absolute Gasteiger partial charge is 0.508 e. The smallest absolute Gasteiger partial charge is 0.204 e.